The molecule has 8 heteroatoms. The van der Waals surface area contributed by atoms with Crippen LogP contribution in [0.1, 0.15) is 63.0 Å². The van der Waals surface area contributed by atoms with Crippen molar-refractivity contribution < 1.29 is 0 Å². The zero-order chi connectivity index (χ0) is 25.6. The van der Waals surface area contributed by atoms with Gasteiger partial charge < -0.3 is 10.6 Å². The lowest BCUT2D eigenvalue weighted by Gasteiger charge is -2.21. The molecule has 36 heavy (non-hydrogen) atoms. The van der Waals surface area contributed by atoms with Crippen molar-refractivity contribution in [1.29, 1.82) is 5.26 Å². The predicted octanol–water partition coefficient (Wildman–Crippen LogP) is 4.72. The molecule has 0 fully saturated rings. The van der Waals surface area contributed by atoms with Gasteiger partial charge in [-0.3, -0.25) is 9.78 Å². The van der Waals surface area contributed by atoms with Gasteiger partial charge in [-0.05, 0) is 62.2 Å². The summed E-state index contributed by atoms with van der Waals surface area (Å²) in [6.07, 6.45) is 4.28. The van der Waals surface area contributed by atoms with Crippen LogP contribution in [0.3, 0.4) is 0 Å². The van der Waals surface area contributed by atoms with Gasteiger partial charge in [0.1, 0.15) is 11.6 Å². The molecule has 3 aromatic heterocycles. The molecular weight excluding hydrogens is 450 g/mol. The van der Waals surface area contributed by atoms with Crippen LogP contribution in [-0.2, 0) is 18.4 Å². The lowest BCUT2D eigenvalue weighted by molar-refractivity contribution is 0.476. The van der Waals surface area contributed by atoms with Crippen LogP contribution in [0.2, 0.25) is 0 Å². The highest BCUT2D eigenvalue weighted by Gasteiger charge is 2.24. The van der Waals surface area contributed by atoms with E-state index in [9.17, 15) is 10.1 Å². The number of benzene rings is 1. The van der Waals surface area contributed by atoms with Crippen molar-refractivity contribution in [3.05, 3.63) is 75.5 Å². The molecule has 8 nitrogen and oxygen atoms in total. The molecule has 0 saturated carbocycles. The minimum atomic E-state index is -0.175. The second kappa shape index (κ2) is 8.92. The lowest BCUT2D eigenvalue weighted by atomic mass is 9.91. The number of hydrogen-bond acceptors (Lipinski definition) is 6. The molecule has 0 saturated heterocycles. The molecule has 0 spiro atoms. The quantitative estimate of drug-likeness (QED) is 0.437. The van der Waals surface area contributed by atoms with Crippen LogP contribution in [0, 0.1) is 11.3 Å². The molecule has 4 heterocycles. The van der Waals surface area contributed by atoms with Gasteiger partial charge in [-0.25, -0.2) is 14.3 Å². The summed E-state index contributed by atoms with van der Waals surface area (Å²) < 4.78 is 3.54. The van der Waals surface area contributed by atoms with Crippen LogP contribution in [0.15, 0.2) is 47.5 Å². The van der Waals surface area contributed by atoms with E-state index in [1.807, 2.05) is 36.7 Å². The summed E-state index contributed by atoms with van der Waals surface area (Å²) in [5, 5.41) is 17.5. The molecule has 0 unspecified atom stereocenters. The first-order chi connectivity index (χ1) is 17.2. The number of hydrogen-bond donors (Lipinski definition) is 2. The van der Waals surface area contributed by atoms with Crippen LogP contribution in [0.5, 0.6) is 0 Å². The van der Waals surface area contributed by atoms with E-state index in [1.54, 1.807) is 17.1 Å². The van der Waals surface area contributed by atoms with Gasteiger partial charge in [0.2, 0.25) is 0 Å². The Labute approximate surface area is 210 Å². The molecule has 5 rings (SSSR count). The van der Waals surface area contributed by atoms with Gasteiger partial charge in [0, 0.05) is 41.8 Å². The van der Waals surface area contributed by atoms with Gasteiger partial charge in [0.15, 0.2) is 5.82 Å². The van der Waals surface area contributed by atoms with Gasteiger partial charge in [-0.15, -0.1) is 0 Å². The topological polar surface area (TPSA) is 101 Å². The molecule has 0 radical (unpaired) electrons. The summed E-state index contributed by atoms with van der Waals surface area (Å²) in [5.74, 6) is 0.429. The summed E-state index contributed by atoms with van der Waals surface area (Å²) in [4.78, 5) is 22.6. The number of fused-ring (bicyclic) bond motifs is 2. The molecule has 0 atom stereocenters. The summed E-state index contributed by atoms with van der Waals surface area (Å²) >= 11 is 0. The van der Waals surface area contributed by atoms with Crippen LogP contribution in [0.25, 0.3) is 16.6 Å². The summed E-state index contributed by atoms with van der Waals surface area (Å²) in [6, 6.07) is 12.3. The Hall–Kier alpha value is -3.96. The molecule has 0 aliphatic carbocycles. The minimum Gasteiger partial charge on any atom is -0.339 e. The highest BCUT2D eigenvalue weighted by Crippen LogP contribution is 2.30. The summed E-state index contributed by atoms with van der Waals surface area (Å²) in [6.45, 7) is 12.0. The SMILES string of the molecule is CC(C)n1c(=O)c2cnc(Nc3ccc4c(c3)CCNC4)c(C#N)c2n1-c1ccnc(C(C)(C)C)c1. The third kappa shape index (κ3) is 4.06. The number of nitrogens with zero attached hydrogens (tertiary/aromatic N) is 5. The van der Waals surface area contributed by atoms with Crippen LogP contribution in [-0.4, -0.2) is 25.9 Å². The zero-order valence-electron chi connectivity index (χ0n) is 21.4. The Balaban J connectivity index is 1.72. The maximum atomic E-state index is 13.5. The molecular formula is C28H31N7O. The van der Waals surface area contributed by atoms with E-state index in [-0.39, 0.29) is 17.0 Å². The minimum absolute atomic E-state index is 0.131. The van der Waals surface area contributed by atoms with E-state index in [1.165, 1.54) is 11.1 Å². The normalized spacial score (nSPS) is 13.6. The zero-order valence-corrected chi connectivity index (χ0v) is 21.4. The van der Waals surface area contributed by atoms with E-state index in [0.717, 1.165) is 36.6 Å². The van der Waals surface area contributed by atoms with Gasteiger partial charge in [-0.2, -0.15) is 5.26 Å². The Morgan fingerprint density at radius 1 is 1.14 bits per heavy atom. The third-order valence-corrected chi connectivity index (χ3v) is 6.63. The second-order valence-corrected chi connectivity index (χ2v) is 10.6. The predicted molar refractivity (Wildman–Crippen MR) is 142 cm³/mol. The lowest BCUT2D eigenvalue weighted by Crippen LogP contribution is -2.24. The van der Waals surface area contributed by atoms with Gasteiger partial charge in [0.05, 0.1) is 16.6 Å². The van der Waals surface area contributed by atoms with E-state index in [2.05, 4.69) is 59.6 Å². The molecule has 0 bridgehead atoms. The molecule has 2 N–H and O–H groups in total. The van der Waals surface area contributed by atoms with E-state index in [0.29, 0.717) is 22.3 Å². The van der Waals surface area contributed by atoms with Crippen molar-refractivity contribution in [3.8, 4) is 11.8 Å². The Bertz CT molecular complexity index is 1560. The van der Waals surface area contributed by atoms with E-state index >= 15 is 0 Å². The third-order valence-electron chi connectivity index (χ3n) is 6.63. The van der Waals surface area contributed by atoms with E-state index in [4.69, 9.17) is 0 Å². The number of aromatic nitrogens is 4. The Morgan fingerprint density at radius 3 is 2.67 bits per heavy atom. The van der Waals surface area contributed by atoms with Gasteiger partial charge >= 0.3 is 0 Å². The molecule has 0 amide bonds. The summed E-state index contributed by atoms with van der Waals surface area (Å²) in [5.41, 5.74) is 5.65. The number of pyridine rings is 2. The monoisotopic (exact) mass is 481 g/mol. The number of nitrogens with one attached hydrogen (secondary N) is 2. The van der Waals surface area contributed by atoms with Gasteiger partial charge in [0.25, 0.3) is 5.56 Å². The highest BCUT2D eigenvalue weighted by atomic mass is 16.1. The van der Waals surface area contributed by atoms with Crippen LogP contribution >= 0.6 is 0 Å². The van der Waals surface area contributed by atoms with Gasteiger partial charge in [-0.1, -0.05) is 26.8 Å². The first-order valence-corrected chi connectivity index (χ1v) is 12.3. The van der Waals surface area contributed by atoms with Crippen molar-refractivity contribution in [2.45, 2.75) is 59.0 Å². The first-order valence-electron chi connectivity index (χ1n) is 12.3. The molecule has 1 aliphatic heterocycles. The second-order valence-electron chi connectivity index (χ2n) is 10.6. The Kier molecular flexibility index (Phi) is 5.89. The Morgan fingerprint density at radius 2 is 1.94 bits per heavy atom. The summed E-state index contributed by atoms with van der Waals surface area (Å²) in [7, 11) is 0. The number of anilines is 2. The average molecular weight is 482 g/mol. The maximum Gasteiger partial charge on any atom is 0.276 e. The first kappa shape index (κ1) is 23.8. The highest BCUT2D eigenvalue weighted by molar-refractivity contribution is 5.90. The number of nitriles is 1. The standard InChI is InChI=1S/C28H31N7O/c1-17(2)34-27(36)23-16-32-26(33-20-7-6-19-15-30-10-8-18(19)12-20)22(14-29)25(23)35(34)21-9-11-31-24(13-21)28(3,4)5/h6-7,9,11-13,16-17,30H,8,10,15H2,1-5H3,(H,32,33). The molecule has 184 valence electrons. The average Bonchev–Trinajstić information content (AvgIpc) is 3.16. The van der Waals surface area contributed by atoms with Crippen LogP contribution < -0.4 is 16.2 Å². The molecule has 1 aromatic carbocycles. The fraction of sp³-hybridized carbons (Fsp3) is 0.357. The fourth-order valence-corrected chi connectivity index (χ4v) is 4.77. The van der Waals surface area contributed by atoms with Crippen molar-refractivity contribution in [1.82, 2.24) is 24.6 Å². The van der Waals surface area contributed by atoms with Crippen LogP contribution in [0.4, 0.5) is 11.5 Å². The van der Waals surface area contributed by atoms with Crippen molar-refractivity contribution >= 4 is 22.4 Å². The molecule has 1 aliphatic rings. The molecule has 4 aromatic rings. The number of rotatable bonds is 4. The van der Waals surface area contributed by atoms with Crippen molar-refractivity contribution in [2.24, 2.45) is 0 Å². The fourth-order valence-electron chi connectivity index (χ4n) is 4.77. The smallest absolute Gasteiger partial charge is 0.276 e. The van der Waals surface area contributed by atoms with Crippen molar-refractivity contribution in [3.63, 3.8) is 0 Å². The maximum absolute atomic E-state index is 13.5. The van der Waals surface area contributed by atoms with Crippen molar-refractivity contribution in [2.75, 3.05) is 11.9 Å². The largest absolute Gasteiger partial charge is 0.339 e. The van der Waals surface area contributed by atoms with E-state index < -0.39 is 0 Å².